The highest BCUT2D eigenvalue weighted by Crippen LogP contribution is 2.28. The van der Waals surface area contributed by atoms with E-state index >= 15 is 0 Å². The number of halogens is 2. The Morgan fingerprint density at radius 3 is 2.94 bits per heavy atom. The smallest absolute Gasteiger partial charge is 0.227 e. The molecule has 0 unspecified atom stereocenters. The zero-order chi connectivity index (χ0) is 11.5. The molecule has 0 aliphatic carbocycles. The van der Waals surface area contributed by atoms with Crippen LogP contribution >= 0.6 is 22.6 Å². The summed E-state index contributed by atoms with van der Waals surface area (Å²) in [4.78, 5) is 13.4. The SMILES string of the molecule is O=C1CCCc2cc(I)ccc2N1CCF. The van der Waals surface area contributed by atoms with Crippen LogP contribution < -0.4 is 4.90 Å². The van der Waals surface area contributed by atoms with Crippen molar-refractivity contribution >= 4 is 34.2 Å². The van der Waals surface area contributed by atoms with Crippen molar-refractivity contribution in [3.63, 3.8) is 0 Å². The first-order valence-corrected chi connectivity index (χ1v) is 6.45. The van der Waals surface area contributed by atoms with Crippen molar-refractivity contribution in [1.29, 1.82) is 0 Å². The van der Waals surface area contributed by atoms with Gasteiger partial charge >= 0.3 is 0 Å². The van der Waals surface area contributed by atoms with E-state index < -0.39 is 6.67 Å². The maximum Gasteiger partial charge on any atom is 0.227 e. The number of alkyl halides is 1. The van der Waals surface area contributed by atoms with Crippen LogP contribution in [0.1, 0.15) is 18.4 Å². The summed E-state index contributed by atoms with van der Waals surface area (Å²) in [5, 5.41) is 0. The Hall–Kier alpha value is -0.650. The number of nitrogens with zero attached hydrogens (tertiary/aromatic N) is 1. The van der Waals surface area contributed by atoms with Crippen LogP contribution in [0.3, 0.4) is 0 Å². The second-order valence-corrected chi connectivity index (χ2v) is 5.11. The summed E-state index contributed by atoms with van der Waals surface area (Å²) in [6, 6.07) is 5.97. The van der Waals surface area contributed by atoms with Gasteiger partial charge in [0, 0.05) is 15.7 Å². The van der Waals surface area contributed by atoms with Gasteiger partial charge in [0.1, 0.15) is 6.67 Å². The molecule has 0 spiro atoms. The number of anilines is 1. The quantitative estimate of drug-likeness (QED) is 0.762. The molecule has 1 amide bonds. The first kappa shape index (κ1) is 11.8. The molecular weight excluding hydrogens is 320 g/mol. The molecule has 0 saturated carbocycles. The lowest BCUT2D eigenvalue weighted by Crippen LogP contribution is -2.32. The predicted octanol–water partition coefficient (Wildman–Crippen LogP) is 2.93. The Morgan fingerprint density at radius 2 is 2.19 bits per heavy atom. The summed E-state index contributed by atoms with van der Waals surface area (Å²) in [6.07, 6.45) is 2.28. The molecule has 0 radical (unpaired) electrons. The van der Waals surface area contributed by atoms with Crippen molar-refractivity contribution in [2.24, 2.45) is 0 Å². The molecule has 2 rings (SSSR count). The first-order valence-electron chi connectivity index (χ1n) is 5.37. The molecule has 16 heavy (non-hydrogen) atoms. The lowest BCUT2D eigenvalue weighted by Gasteiger charge is -2.21. The molecule has 1 aromatic rings. The number of aryl methyl sites for hydroxylation is 1. The normalized spacial score (nSPS) is 15.9. The minimum Gasteiger partial charge on any atom is -0.310 e. The summed E-state index contributed by atoms with van der Waals surface area (Å²) in [5.41, 5.74) is 2.05. The second-order valence-electron chi connectivity index (χ2n) is 3.86. The van der Waals surface area contributed by atoms with Crippen LogP contribution in [0.15, 0.2) is 18.2 Å². The molecule has 86 valence electrons. The summed E-state index contributed by atoms with van der Waals surface area (Å²) >= 11 is 2.25. The van der Waals surface area contributed by atoms with Gasteiger partial charge in [0.15, 0.2) is 0 Å². The van der Waals surface area contributed by atoms with E-state index in [0.29, 0.717) is 6.42 Å². The summed E-state index contributed by atoms with van der Waals surface area (Å²) in [7, 11) is 0. The number of hydrogen-bond donors (Lipinski definition) is 0. The third kappa shape index (κ3) is 2.36. The fourth-order valence-electron chi connectivity index (χ4n) is 2.05. The van der Waals surface area contributed by atoms with E-state index in [2.05, 4.69) is 28.7 Å². The fourth-order valence-corrected chi connectivity index (χ4v) is 2.60. The molecular formula is C12H13FINO. The van der Waals surface area contributed by atoms with E-state index in [9.17, 15) is 9.18 Å². The zero-order valence-electron chi connectivity index (χ0n) is 8.88. The van der Waals surface area contributed by atoms with E-state index in [1.165, 1.54) is 0 Å². The molecule has 1 aromatic carbocycles. The average molecular weight is 333 g/mol. The largest absolute Gasteiger partial charge is 0.310 e. The van der Waals surface area contributed by atoms with Gasteiger partial charge in [0.25, 0.3) is 0 Å². The van der Waals surface area contributed by atoms with Crippen molar-refractivity contribution < 1.29 is 9.18 Å². The van der Waals surface area contributed by atoms with Gasteiger partial charge in [-0.25, -0.2) is 4.39 Å². The minimum atomic E-state index is -0.489. The summed E-state index contributed by atoms with van der Waals surface area (Å²) < 4.78 is 13.6. The Balaban J connectivity index is 2.41. The molecule has 4 heteroatoms. The molecule has 0 bridgehead atoms. The van der Waals surface area contributed by atoms with Gasteiger partial charge in [-0.05, 0) is 59.2 Å². The van der Waals surface area contributed by atoms with Crippen molar-refractivity contribution in [3.8, 4) is 0 Å². The van der Waals surface area contributed by atoms with Gasteiger partial charge in [0.2, 0.25) is 5.91 Å². The van der Waals surface area contributed by atoms with Crippen molar-refractivity contribution in [3.05, 3.63) is 27.3 Å². The molecule has 0 atom stereocenters. The molecule has 0 aromatic heterocycles. The summed E-state index contributed by atoms with van der Waals surface area (Å²) in [5.74, 6) is 0.0395. The molecule has 0 saturated heterocycles. The van der Waals surface area contributed by atoms with Crippen molar-refractivity contribution in [1.82, 2.24) is 0 Å². The molecule has 1 heterocycles. The molecule has 0 fully saturated rings. The Labute approximate surface area is 108 Å². The van der Waals surface area contributed by atoms with Gasteiger partial charge in [-0.3, -0.25) is 4.79 Å². The molecule has 2 nitrogen and oxygen atoms in total. The molecule has 1 aliphatic heterocycles. The highest BCUT2D eigenvalue weighted by Gasteiger charge is 2.21. The topological polar surface area (TPSA) is 20.3 Å². The van der Waals surface area contributed by atoms with Crippen LogP contribution in [0.5, 0.6) is 0 Å². The minimum absolute atomic E-state index is 0.0395. The highest BCUT2D eigenvalue weighted by molar-refractivity contribution is 14.1. The third-order valence-electron chi connectivity index (χ3n) is 2.78. The Morgan fingerprint density at radius 1 is 1.38 bits per heavy atom. The number of fused-ring (bicyclic) bond motifs is 1. The number of hydrogen-bond acceptors (Lipinski definition) is 1. The lowest BCUT2D eigenvalue weighted by atomic mass is 10.1. The maximum atomic E-state index is 12.5. The second kappa shape index (κ2) is 5.12. The predicted molar refractivity (Wildman–Crippen MR) is 70.4 cm³/mol. The number of benzene rings is 1. The number of carbonyl (C=O) groups is 1. The van der Waals surface area contributed by atoms with Gasteiger partial charge in [0.05, 0.1) is 6.54 Å². The summed E-state index contributed by atoms with van der Waals surface area (Å²) in [6.45, 7) is -0.316. The van der Waals surface area contributed by atoms with Gasteiger partial charge in [-0.2, -0.15) is 0 Å². The van der Waals surface area contributed by atoms with Crippen molar-refractivity contribution in [2.45, 2.75) is 19.3 Å². The lowest BCUT2D eigenvalue weighted by molar-refractivity contribution is -0.118. The fraction of sp³-hybridized carbons (Fsp3) is 0.417. The van der Waals surface area contributed by atoms with Crippen LogP contribution in [-0.2, 0) is 11.2 Å². The monoisotopic (exact) mass is 333 g/mol. The van der Waals surface area contributed by atoms with Gasteiger partial charge in [-0.1, -0.05) is 0 Å². The first-order chi connectivity index (χ1) is 7.72. The zero-order valence-corrected chi connectivity index (χ0v) is 11.0. The number of rotatable bonds is 2. The molecule has 1 aliphatic rings. The van der Waals surface area contributed by atoms with E-state index in [1.54, 1.807) is 4.90 Å². The standard InChI is InChI=1S/C12H13FINO/c13-6-7-15-11-5-4-10(14)8-9(11)2-1-3-12(15)16/h4-5,8H,1-3,6-7H2. The van der Waals surface area contributed by atoms with Crippen LogP contribution in [-0.4, -0.2) is 19.1 Å². The maximum absolute atomic E-state index is 12.5. The van der Waals surface area contributed by atoms with Crippen LogP contribution in [0.4, 0.5) is 10.1 Å². The third-order valence-corrected chi connectivity index (χ3v) is 3.45. The number of carbonyl (C=O) groups excluding carboxylic acids is 1. The van der Waals surface area contributed by atoms with Crippen LogP contribution in [0.2, 0.25) is 0 Å². The van der Waals surface area contributed by atoms with E-state index in [1.807, 2.05) is 12.1 Å². The van der Waals surface area contributed by atoms with E-state index in [4.69, 9.17) is 0 Å². The van der Waals surface area contributed by atoms with Crippen molar-refractivity contribution in [2.75, 3.05) is 18.1 Å². The Kier molecular flexibility index (Phi) is 3.78. The van der Waals surface area contributed by atoms with Crippen LogP contribution in [0.25, 0.3) is 0 Å². The van der Waals surface area contributed by atoms with Gasteiger partial charge in [-0.15, -0.1) is 0 Å². The van der Waals surface area contributed by atoms with Gasteiger partial charge < -0.3 is 4.90 Å². The average Bonchev–Trinajstić information content (AvgIpc) is 2.40. The van der Waals surface area contributed by atoms with E-state index in [-0.39, 0.29) is 12.5 Å². The van der Waals surface area contributed by atoms with E-state index in [0.717, 1.165) is 27.7 Å². The van der Waals surface area contributed by atoms with Crippen LogP contribution in [0, 0.1) is 3.57 Å². The Bertz CT molecular complexity index is 408. The number of amides is 1. The molecule has 0 N–H and O–H groups in total. The highest BCUT2D eigenvalue weighted by atomic mass is 127.